The van der Waals surface area contributed by atoms with Gasteiger partial charge in [0.1, 0.15) is 0 Å². The van der Waals surface area contributed by atoms with Crippen LogP contribution in [0.1, 0.15) is 38.8 Å². The maximum absolute atomic E-state index is 6.30. The first-order valence-corrected chi connectivity index (χ1v) is 7.81. The van der Waals surface area contributed by atoms with Crippen molar-refractivity contribution in [2.24, 2.45) is 0 Å². The van der Waals surface area contributed by atoms with Gasteiger partial charge in [0.25, 0.3) is 0 Å². The van der Waals surface area contributed by atoms with Crippen molar-refractivity contribution < 1.29 is 9.47 Å². The largest absolute Gasteiger partial charge is 0.351 e. The first-order valence-electron chi connectivity index (χ1n) is 7.05. The lowest BCUT2D eigenvalue weighted by molar-refractivity contribution is -0.155. The lowest BCUT2D eigenvalue weighted by Crippen LogP contribution is -2.36. The van der Waals surface area contributed by atoms with Gasteiger partial charge in [-0.3, -0.25) is 0 Å². The van der Waals surface area contributed by atoms with E-state index in [1.165, 1.54) is 0 Å². The van der Waals surface area contributed by atoms with Crippen molar-refractivity contribution >= 4 is 23.2 Å². The molecule has 20 heavy (non-hydrogen) atoms. The summed E-state index contributed by atoms with van der Waals surface area (Å²) in [7, 11) is 0. The lowest BCUT2D eigenvalue weighted by Gasteiger charge is -2.28. The van der Waals surface area contributed by atoms with Crippen molar-refractivity contribution in [1.29, 1.82) is 0 Å². The highest BCUT2D eigenvalue weighted by Gasteiger charge is 2.25. The average Bonchev–Trinajstić information content (AvgIpc) is 2.43. The summed E-state index contributed by atoms with van der Waals surface area (Å²) in [6.45, 7) is 8.01. The van der Waals surface area contributed by atoms with Gasteiger partial charge in [0.05, 0.1) is 6.04 Å². The van der Waals surface area contributed by atoms with Crippen LogP contribution in [-0.2, 0) is 9.47 Å². The number of benzene rings is 1. The van der Waals surface area contributed by atoms with Gasteiger partial charge in [-0.15, -0.1) is 0 Å². The zero-order valence-electron chi connectivity index (χ0n) is 12.3. The molecule has 0 fully saturated rings. The summed E-state index contributed by atoms with van der Waals surface area (Å²) in [4.78, 5) is 0. The number of halogens is 2. The molecule has 0 aliphatic heterocycles. The average molecular weight is 320 g/mol. The van der Waals surface area contributed by atoms with E-state index in [9.17, 15) is 0 Å². The predicted octanol–water partition coefficient (Wildman–Crippen LogP) is 4.43. The van der Waals surface area contributed by atoms with Crippen LogP contribution in [0.5, 0.6) is 0 Å². The molecule has 0 saturated heterocycles. The molecule has 1 unspecified atom stereocenters. The predicted molar refractivity (Wildman–Crippen MR) is 84.5 cm³/mol. The highest BCUT2D eigenvalue weighted by atomic mass is 35.5. The maximum Gasteiger partial charge on any atom is 0.176 e. The van der Waals surface area contributed by atoms with Gasteiger partial charge < -0.3 is 14.8 Å². The van der Waals surface area contributed by atoms with Crippen LogP contribution in [0.2, 0.25) is 10.0 Å². The third kappa shape index (κ3) is 5.23. The van der Waals surface area contributed by atoms with Crippen molar-refractivity contribution in [1.82, 2.24) is 5.32 Å². The molecule has 1 atom stereocenters. The molecule has 0 aliphatic carbocycles. The van der Waals surface area contributed by atoms with Crippen LogP contribution in [0.4, 0.5) is 0 Å². The minimum Gasteiger partial charge on any atom is -0.351 e. The number of rotatable bonds is 9. The first-order chi connectivity index (χ1) is 9.63. The summed E-state index contributed by atoms with van der Waals surface area (Å²) in [5, 5.41) is 4.74. The highest BCUT2D eigenvalue weighted by molar-refractivity contribution is 6.33. The summed E-state index contributed by atoms with van der Waals surface area (Å²) in [6.07, 6.45) is 0.632. The van der Waals surface area contributed by atoms with Gasteiger partial charge >= 0.3 is 0 Å². The van der Waals surface area contributed by atoms with Crippen LogP contribution < -0.4 is 5.32 Å². The molecule has 5 heteroatoms. The Labute approximate surface area is 131 Å². The van der Waals surface area contributed by atoms with Crippen molar-refractivity contribution in [3.63, 3.8) is 0 Å². The Morgan fingerprint density at radius 1 is 1.10 bits per heavy atom. The minimum atomic E-state index is -0.382. The Morgan fingerprint density at radius 2 is 1.75 bits per heavy atom. The van der Waals surface area contributed by atoms with Crippen LogP contribution in [0, 0.1) is 0 Å². The zero-order chi connectivity index (χ0) is 15.0. The van der Waals surface area contributed by atoms with E-state index in [2.05, 4.69) is 12.2 Å². The summed E-state index contributed by atoms with van der Waals surface area (Å²) in [5.41, 5.74) is 0.902. The zero-order valence-corrected chi connectivity index (χ0v) is 13.8. The van der Waals surface area contributed by atoms with E-state index in [1.807, 2.05) is 19.9 Å². The molecule has 3 nitrogen and oxygen atoms in total. The molecule has 114 valence electrons. The van der Waals surface area contributed by atoms with Gasteiger partial charge in [-0.1, -0.05) is 30.1 Å². The first kappa shape index (κ1) is 17.7. The Hall–Kier alpha value is -0.320. The minimum absolute atomic E-state index is 0.138. The van der Waals surface area contributed by atoms with Gasteiger partial charge in [-0.25, -0.2) is 0 Å². The monoisotopic (exact) mass is 319 g/mol. The van der Waals surface area contributed by atoms with Gasteiger partial charge in [-0.05, 0) is 50.6 Å². The van der Waals surface area contributed by atoms with Crippen LogP contribution in [-0.4, -0.2) is 26.0 Å². The van der Waals surface area contributed by atoms with E-state index in [-0.39, 0.29) is 12.3 Å². The Kier molecular flexibility index (Phi) is 8.50. The third-order valence-corrected chi connectivity index (χ3v) is 3.42. The van der Waals surface area contributed by atoms with E-state index < -0.39 is 0 Å². The maximum atomic E-state index is 6.30. The number of ether oxygens (including phenoxy) is 2. The standard InChI is InChI=1S/C15H23Cl2NO2/c1-4-9-18-14(15(19-5-2)20-6-3)12-10-11(16)7-8-13(12)17/h7-8,10,14-15,18H,4-6,9H2,1-3H3. The molecule has 1 aromatic rings. The topological polar surface area (TPSA) is 30.5 Å². The van der Waals surface area contributed by atoms with Crippen LogP contribution >= 0.6 is 23.2 Å². The van der Waals surface area contributed by atoms with Gasteiger partial charge in [-0.2, -0.15) is 0 Å². The Bertz CT molecular complexity index is 395. The van der Waals surface area contributed by atoms with Crippen LogP contribution in [0.15, 0.2) is 18.2 Å². The van der Waals surface area contributed by atoms with Crippen molar-refractivity contribution in [2.75, 3.05) is 19.8 Å². The van der Waals surface area contributed by atoms with Crippen LogP contribution in [0.3, 0.4) is 0 Å². The number of hydrogen-bond acceptors (Lipinski definition) is 3. The van der Waals surface area contributed by atoms with Crippen molar-refractivity contribution in [2.45, 2.75) is 39.5 Å². The molecule has 1 rings (SSSR count). The Morgan fingerprint density at radius 3 is 2.30 bits per heavy atom. The second-order valence-electron chi connectivity index (χ2n) is 4.38. The van der Waals surface area contributed by atoms with E-state index in [4.69, 9.17) is 32.7 Å². The smallest absolute Gasteiger partial charge is 0.176 e. The molecular formula is C15H23Cl2NO2. The van der Waals surface area contributed by atoms with E-state index >= 15 is 0 Å². The molecular weight excluding hydrogens is 297 g/mol. The van der Waals surface area contributed by atoms with Gasteiger partial charge in [0.2, 0.25) is 0 Å². The SMILES string of the molecule is CCCNC(c1cc(Cl)ccc1Cl)C(OCC)OCC. The molecule has 0 aromatic heterocycles. The van der Waals surface area contributed by atoms with Gasteiger partial charge in [0, 0.05) is 23.3 Å². The summed E-state index contributed by atoms with van der Waals surface area (Å²) < 4.78 is 11.4. The fourth-order valence-electron chi connectivity index (χ4n) is 1.97. The van der Waals surface area contributed by atoms with Gasteiger partial charge in [0.15, 0.2) is 6.29 Å². The second-order valence-corrected chi connectivity index (χ2v) is 5.22. The number of nitrogens with one attached hydrogen (secondary N) is 1. The van der Waals surface area contributed by atoms with Crippen molar-refractivity contribution in [3.8, 4) is 0 Å². The van der Waals surface area contributed by atoms with Crippen LogP contribution in [0.25, 0.3) is 0 Å². The molecule has 0 bridgehead atoms. The van der Waals surface area contributed by atoms with E-state index in [1.54, 1.807) is 12.1 Å². The lowest BCUT2D eigenvalue weighted by atomic mass is 10.1. The summed E-state index contributed by atoms with van der Waals surface area (Å²) >= 11 is 12.4. The fraction of sp³-hybridized carbons (Fsp3) is 0.600. The summed E-state index contributed by atoms with van der Waals surface area (Å²) in [6, 6.07) is 5.30. The molecule has 0 aliphatic rings. The Balaban J connectivity index is 3.04. The molecule has 0 amide bonds. The molecule has 0 heterocycles. The van der Waals surface area contributed by atoms with E-state index in [0.29, 0.717) is 23.3 Å². The third-order valence-electron chi connectivity index (χ3n) is 2.84. The normalized spacial score (nSPS) is 12.9. The molecule has 0 radical (unpaired) electrons. The molecule has 1 aromatic carbocycles. The highest BCUT2D eigenvalue weighted by Crippen LogP contribution is 2.30. The summed E-state index contributed by atoms with van der Waals surface area (Å²) in [5.74, 6) is 0. The quantitative estimate of drug-likeness (QED) is 0.683. The van der Waals surface area contributed by atoms with E-state index in [0.717, 1.165) is 18.5 Å². The van der Waals surface area contributed by atoms with Crippen molar-refractivity contribution in [3.05, 3.63) is 33.8 Å². The molecule has 0 saturated carbocycles. The number of hydrogen-bond donors (Lipinski definition) is 1. The fourth-order valence-corrected chi connectivity index (χ4v) is 2.39. The molecule has 1 N–H and O–H groups in total. The molecule has 0 spiro atoms. The second kappa shape index (κ2) is 9.59.